The maximum absolute atomic E-state index is 12.9. The van der Waals surface area contributed by atoms with E-state index in [0.29, 0.717) is 6.42 Å². The van der Waals surface area contributed by atoms with Crippen molar-refractivity contribution >= 4 is 22.6 Å². The van der Waals surface area contributed by atoms with Crippen LogP contribution in [0.3, 0.4) is 0 Å². The number of amides is 1. The molecule has 1 heterocycles. The molecule has 32 heavy (non-hydrogen) atoms. The third kappa shape index (κ3) is 6.02. The Bertz CT molecular complexity index is 1120. The van der Waals surface area contributed by atoms with Gasteiger partial charge in [-0.05, 0) is 23.1 Å². The lowest BCUT2D eigenvalue weighted by molar-refractivity contribution is -0.120. The lowest BCUT2D eigenvalue weighted by Crippen LogP contribution is -2.38. The van der Waals surface area contributed by atoms with E-state index in [1.165, 1.54) is 22.7 Å². The second kappa shape index (κ2) is 10.7. The van der Waals surface area contributed by atoms with Crippen LogP contribution in [0, 0.1) is 0 Å². The molecule has 0 bridgehead atoms. The molecule has 5 nitrogen and oxygen atoms in total. The minimum Gasteiger partial charge on any atom is -0.347 e. The van der Waals surface area contributed by atoms with Crippen LogP contribution in [0.2, 0.25) is 0 Å². The van der Waals surface area contributed by atoms with Crippen LogP contribution >= 0.6 is 11.5 Å². The summed E-state index contributed by atoms with van der Waals surface area (Å²) in [6, 6.07) is 30.4. The van der Waals surface area contributed by atoms with E-state index in [9.17, 15) is 4.79 Å². The zero-order valence-corrected chi connectivity index (χ0v) is 18.8. The van der Waals surface area contributed by atoms with Crippen molar-refractivity contribution in [3.8, 4) is 0 Å². The van der Waals surface area contributed by atoms with Crippen molar-refractivity contribution in [3.05, 3.63) is 114 Å². The van der Waals surface area contributed by atoms with Crippen molar-refractivity contribution in [2.45, 2.75) is 18.9 Å². The third-order valence-corrected chi connectivity index (χ3v) is 6.06. The molecular formula is C26H26N4OS. The Morgan fingerprint density at radius 3 is 2.16 bits per heavy atom. The largest absolute Gasteiger partial charge is 0.347 e. The summed E-state index contributed by atoms with van der Waals surface area (Å²) in [4.78, 5) is 19.4. The maximum Gasteiger partial charge on any atom is 0.240 e. The van der Waals surface area contributed by atoms with E-state index < -0.39 is 0 Å². The van der Waals surface area contributed by atoms with Crippen molar-refractivity contribution in [2.75, 3.05) is 18.5 Å². The molecule has 6 heteroatoms. The van der Waals surface area contributed by atoms with E-state index in [1.54, 1.807) is 0 Å². The van der Waals surface area contributed by atoms with E-state index >= 15 is 0 Å². The first-order valence-electron chi connectivity index (χ1n) is 10.6. The summed E-state index contributed by atoms with van der Waals surface area (Å²) < 4.78 is 4.46. The van der Waals surface area contributed by atoms with Crippen LogP contribution in [0.15, 0.2) is 91.0 Å². The van der Waals surface area contributed by atoms with E-state index in [1.807, 2.05) is 66.5 Å². The summed E-state index contributed by atoms with van der Waals surface area (Å²) >= 11 is 1.32. The number of carbonyl (C=O) groups excluding carboxylic acids is 1. The van der Waals surface area contributed by atoms with Gasteiger partial charge in [0.1, 0.15) is 5.82 Å². The molecular weight excluding hydrogens is 416 g/mol. The third-order valence-electron chi connectivity index (χ3n) is 5.19. The summed E-state index contributed by atoms with van der Waals surface area (Å²) in [5, 5.41) is 3.95. The number of carbonyl (C=O) groups is 1. The highest BCUT2D eigenvalue weighted by Gasteiger charge is 2.18. The molecule has 162 valence electrons. The average molecular weight is 443 g/mol. The number of aromatic nitrogens is 2. The molecule has 3 aromatic carbocycles. The molecule has 1 amide bonds. The molecule has 0 saturated heterocycles. The summed E-state index contributed by atoms with van der Waals surface area (Å²) in [6.45, 7) is 0.220. The van der Waals surface area contributed by atoms with Gasteiger partial charge >= 0.3 is 0 Å². The molecule has 0 spiro atoms. The predicted octanol–water partition coefficient (Wildman–Crippen LogP) is 4.67. The lowest BCUT2D eigenvalue weighted by Gasteiger charge is -2.22. The minimum atomic E-state index is -0.0949. The highest BCUT2D eigenvalue weighted by molar-refractivity contribution is 7.09. The molecule has 1 atom stereocenters. The Morgan fingerprint density at radius 1 is 0.906 bits per heavy atom. The van der Waals surface area contributed by atoms with Crippen molar-refractivity contribution < 1.29 is 4.79 Å². The Balaban J connectivity index is 1.39. The second-order valence-corrected chi connectivity index (χ2v) is 8.46. The highest BCUT2D eigenvalue weighted by Crippen LogP contribution is 2.20. The van der Waals surface area contributed by atoms with Crippen molar-refractivity contribution in [3.63, 3.8) is 0 Å². The maximum atomic E-state index is 12.9. The Labute approximate surface area is 192 Å². The smallest absolute Gasteiger partial charge is 0.240 e. The van der Waals surface area contributed by atoms with Crippen molar-refractivity contribution in [2.24, 2.45) is 0 Å². The molecule has 0 aliphatic heterocycles. The van der Waals surface area contributed by atoms with Gasteiger partial charge in [0.25, 0.3) is 0 Å². The number of hydrogen-bond acceptors (Lipinski definition) is 5. The fourth-order valence-corrected chi connectivity index (χ4v) is 4.20. The first-order valence-corrected chi connectivity index (χ1v) is 11.4. The Kier molecular flexibility index (Phi) is 7.25. The van der Waals surface area contributed by atoms with Crippen LogP contribution in [-0.4, -0.2) is 28.9 Å². The molecule has 4 rings (SSSR count). The number of benzene rings is 3. The fraction of sp³-hybridized carbons (Fsp3) is 0.192. The van der Waals surface area contributed by atoms with Gasteiger partial charge in [0.15, 0.2) is 0 Å². The fourth-order valence-electron chi connectivity index (χ4n) is 3.56. The van der Waals surface area contributed by atoms with Gasteiger partial charge < -0.3 is 10.2 Å². The zero-order chi connectivity index (χ0) is 22.2. The van der Waals surface area contributed by atoms with Crippen LogP contribution in [0.4, 0.5) is 5.13 Å². The Morgan fingerprint density at radius 2 is 1.50 bits per heavy atom. The SMILES string of the molecule is CN(CC(=O)NC(Cc1ccccc1)c1ccccc1)c1nc(Cc2ccccc2)ns1. The van der Waals surface area contributed by atoms with Gasteiger partial charge in [0.05, 0.1) is 12.6 Å². The van der Waals surface area contributed by atoms with Gasteiger partial charge in [-0.15, -0.1) is 0 Å². The quantitative estimate of drug-likeness (QED) is 0.409. The van der Waals surface area contributed by atoms with Crippen LogP contribution in [0.25, 0.3) is 0 Å². The van der Waals surface area contributed by atoms with Crippen LogP contribution in [-0.2, 0) is 17.6 Å². The van der Waals surface area contributed by atoms with Crippen molar-refractivity contribution in [1.29, 1.82) is 0 Å². The summed E-state index contributed by atoms with van der Waals surface area (Å²) in [6.07, 6.45) is 1.42. The van der Waals surface area contributed by atoms with Crippen molar-refractivity contribution in [1.82, 2.24) is 14.7 Å². The monoisotopic (exact) mass is 442 g/mol. The van der Waals surface area contributed by atoms with Crippen LogP contribution < -0.4 is 10.2 Å². The second-order valence-electron chi connectivity index (χ2n) is 7.73. The molecule has 0 aliphatic rings. The summed E-state index contributed by atoms with van der Waals surface area (Å²) in [7, 11) is 1.88. The molecule has 0 fully saturated rings. The summed E-state index contributed by atoms with van der Waals surface area (Å²) in [5.41, 5.74) is 3.45. The van der Waals surface area contributed by atoms with Gasteiger partial charge in [-0.25, -0.2) is 4.98 Å². The number of anilines is 1. The molecule has 0 aliphatic carbocycles. The minimum absolute atomic E-state index is 0.0444. The normalized spacial score (nSPS) is 11.7. The molecule has 0 radical (unpaired) electrons. The first-order chi connectivity index (χ1) is 15.7. The number of likely N-dealkylation sites (N-methyl/N-ethyl adjacent to an activating group) is 1. The standard InChI is InChI=1S/C26H26N4OS/c1-30(26-28-24(29-32-26)18-21-13-7-3-8-14-21)19-25(31)27-23(22-15-9-4-10-16-22)17-20-11-5-2-6-12-20/h2-16,23H,17-19H2,1H3,(H,27,31). The van der Waals surface area contributed by atoms with Gasteiger partial charge in [0, 0.05) is 25.0 Å². The molecule has 1 N–H and O–H groups in total. The van der Waals surface area contributed by atoms with E-state index in [2.05, 4.69) is 51.1 Å². The van der Waals surface area contributed by atoms with E-state index in [0.717, 1.165) is 22.9 Å². The summed E-state index contributed by atoms with van der Waals surface area (Å²) in [5.74, 6) is 0.729. The van der Waals surface area contributed by atoms with Gasteiger partial charge in [-0.3, -0.25) is 4.79 Å². The van der Waals surface area contributed by atoms with E-state index in [-0.39, 0.29) is 18.5 Å². The molecule has 1 unspecified atom stereocenters. The van der Waals surface area contributed by atoms with Gasteiger partial charge in [0.2, 0.25) is 11.0 Å². The van der Waals surface area contributed by atoms with Gasteiger partial charge in [-0.2, -0.15) is 4.37 Å². The topological polar surface area (TPSA) is 58.1 Å². The average Bonchev–Trinajstić information content (AvgIpc) is 3.29. The zero-order valence-electron chi connectivity index (χ0n) is 18.0. The van der Waals surface area contributed by atoms with Gasteiger partial charge in [-0.1, -0.05) is 91.0 Å². The number of nitrogens with zero attached hydrogens (tertiary/aromatic N) is 3. The number of nitrogens with one attached hydrogen (secondary N) is 1. The molecule has 1 aromatic heterocycles. The number of hydrogen-bond donors (Lipinski definition) is 1. The Hall–Kier alpha value is -3.51. The lowest BCUT2D eigenvalue weighted by atomic mass is 9.99. The predicted molar refractivity (Wildman–Crippen MR) is 130 cm³/mol. The first kappa shape index (κ1) is 21.7. The molecule has 4 aromatic rings. The van der Waals surface area contributed by atoms with Crippen LogP contribution in [0.5, 0.6) is 0 Å². The number of rotatable bonds is 9. The van der Waals surface area contributed by atoms with Crippen LogP contribution in [0.1, 0.15) is 28.6 Å². The molecule has 0 saturated carbocycles. The van der Waals surface area contributed by atoms with E-state index in [4.69, 9.17) is 0 Å². The highest BCUT2D eigenvalue weighted by atomic mass is 32.1.